The third kappa shape index (κ3) is 5.90. The summed E-state index contributed by atoms with van der Waals surface area (Å²) in [6.07, 6.45) is 3.15. The maximum absolute atomic E-state index is 12.2. The fourth-order valence-electron chi connectivity index (χ4n) is 2.57. The summed E-state index contributed by atoms with van der Waals surface area (Å²) < 4.78 is 32.2. The first-order valence-corrected chi connectivity index (χ1v) is 11.3. The van der Waals surface area contributed by atoms with Gasteiger partial charge in [0.15, 0.2) is 0 Å². The summed E-state index contributed by atoms with van der Waals surface area (Å²) in [6, 6.07) is 1.69. The third-order valence-electron chi connectivity index (χ3n) is 4.55. The molecule has 0 radical (unpaired) electrons. The predicted octanol–water partition coefficient (Wildman–Crippen LogP) is 2.51. The van der Waals surface area contributed by atoms with Crippen molar-refractivity contribution in [2.75, 3.05) is 36.4 Å². The molecule has 8 nitrogen and oxygen atoms in total. The number of methoxy groups -OCH3 is 1. The number of nitrogens with zero attached hydrogens (tertiary/aromatic N) is 4. The van der Waals surface area contributed by atoms with Crippen LogP contribution in [-0.2, 0) is 14.8 Å². The first kappa shape index (κ1) is 23.6. The van der Waals surface area contributed by atoms with E-state index in [4.69, 9.17) is 4.74 Å². The molecule has 2 heterocycles. The van der Waals surface area contributed by atoms with E-state index in [0.717, 1.165) is 23.6 Å². The van der Waals surface area contributed by atoms with Gasteiger partial charge in [-0.2, -0.15) is 0 Å². The lowest BCUT2D eigenvalue weighted by atomic mass is 10.1. The summed E-state index contributed by atoms with van der Waals surface area (Å²) in [5, 5.41) is -0.551. The van der Waals surface area contributed by atoms with Crippen LogP contribution in [0.25, 0.3) is 0 Å². The molecule has 2 aromatic heterocycles. The Labute approximate surface area is 179 Å². The topological polar surface area (TPSA) is 97.3 Å². The Morgan fingerprint density at radius 2 is 1.90 bits per heavy atom. The lowest BCUT2D eigenvalue weighted by molar-refractivity contribution is 0.205. The smallest absolute Gasteiger partial charge is 0.235 e. The van der Waals surface area contributed by atoms with Crippen LogP contribution < -0.4 is 9.62 Å². The van der Waals surface area contributed by atoms with E-state index < -0.39 is 15.3 Å². The van der Waals surface area contributed by atoms with Crippen LogP contribution in [0.15, 0.2) is 18.6 Å². The summed E-state index contributed by atoms with van der Waals surface area (Å²) in [5.74, 6) is 6.97. The van der Waals surface area contributed by atoms with E-state index in [1.54, 1.807) is 40.1 Å². The molecule has 0 fully saturated rings. The minimum absolute atomic E-state index is 0.423. The molecule has 0 unspecified atom stereocenters. The van der Waals surface area contributed by atoms with Crippen LogP contribution in [0.2, 0.25) is 0 Å². The highest BCUT2D eigenvalue weighted by molar-refractivity contribution is 7.93. The highest BCUT2D eigenvalue weighted by atomic mass is 32.2. The van der Waals surface area contributed by atoms with E-state index in [1.165, 1.54) is 6.33 Å². The molecular weight excluding hydrogens is 402 g/mol. The Morgan fingerprint density at radius 1 is 1.17 bits per heavy atom. The number of anilines is 2. The molecule has 0 atom stereocenters. The Morgan fingerprint density at radius 3 is 2.53 bits per heavy atom. The molecular formula is C21H29N5O3S. The van der Waals surface area contributed by atoms with Crippen LogP contribution in [0.4, 0.5) is 11.5 Å². The molecule has 9 heteroatoms. The molecule has 1 N–H and O–H groups in total. The van der Waals surface area contributed by atoms with Gasteiger partial charge in [-0.3, -0.25) is 9.71 Å². The van der Waals surface area contributed by atoms with E-state index >= 15 is 0 Å². The maximum Gasteiger partial charge on any atom is 0.235 e. The molecule has 162 valence electrons. The molecule has 0 aliphatic rings. The van der Waals surface area contributed by atoms with Gasteiger partial charge in [0.2, 0.25) is 10.0 Å². The molecule has 0 bridgehead atoms. The van der Waals surface area contributed by atoms with Crippen molar-refractivity contribution in [3.05, 3.63) is 41.1 Å². The maximum atomic E-state index is 12.2. The van der Waals surface area contributed by atoms with Crippen molar-refractivity contribution in [3.63, 3.8) is 0 Å². The van der Waals surface area contributed by atoms with Gasteiger partial charge in [0.1, 0.15) is 12.1 Å². The van der Waals surface area contributed by atoms with Crippen molar-refractivity contribution in [1.82, 2.24) is 15.0 Å². The van der Waals surface area contributed by atoms with Crippen LogP contribution in [0.1, 0.15) is 43.3 Å². The quantitative estimate of drug-likeness (QED) is 0.641. The number of likely N-dealkylation sites (N-methyl/N-ethyl adjacent to an activating group) is 1. The molecule has 0 saturated heterocycles. The zero-order valence-electron chi connectivity index (χ0n) is 18.4. The summed E-state index contributed by atoms with van der Waals surface area (Å²) in [4.78, 5) is 15.1. The van der Waals surface area contributed by atoms with Crippen molar-refractivity contribution in [2.45, 2.75) is 39.9 Å². The third-order valence-corrected chi connectivity index (χ3v) is 6.30. The number of hydrogen-bond acceptors (Lipinski definition) is 7. The second-order valence-electron chi connectivity index (χ2n) is 7.03. The predicted molar refractivity (Wildman–Crippen MR) is 119 cm³/mol. The van der Waals surface area contributed by atoms with Crippen molar-refractivity contribution in [2.24, 2.45) is 0 Å². The van der Waals surface area contributed by atoms with E-state index in [2.05, 4.69) is 36.4 Å². The second-order valence-corrected chi connectivity index (χ2v) is 9.27. The zero-order chi connectivity index (χ0) is 22.3. The Hall–Kier alpha value is -2.70. The van der Waals surface area contributed by atoms with Gasteiger partial charge in [0, 0.05) is 32.0 Å². The van der Waals surface area contributed by atoms with Crippen LogP contribution in [0.5, 0.6) is 0 Å². The number of ether oxygens (including phenoxy) is 1. The van der Waals surface area contributed by atoms with E-state index in [9.17, 15) is 8.42 Å². The molecule has 2 aromatic rings. The van der Waals surface area contributed by atoms with E-state index in [1.807, 2.05) is 13.8 Å². The summed E-state index contributed by atoms with van der Waals surface area (Å²) in [7, 11) is -1.81. The van der Waals surface area contributed by atoms with Crippen molar-refractivity contribution in [1.29, 1.82) is 0 Å². The molecule has 30 heavy (non-hydrogen) atoms. The van der Waals surface area contributed by atoms with Gasteiger partial charge in [-0.1, -0.05) is 11.8 Å². The molecule has 0 amide bonds. The largest absolute Gasteiger partial charge is 0.383 e. The fraction of sp³-hybridized carbons (Fsp3) is 0.476. The molecule has 0 aromatic carbocycles. The first-order chi connectivity index (χ1) is 14.2. The highest BCUT2D eigenvalue weighted by Crippen LogP contribution is 2.20. The van der Waals surface area contributed by atoms with Gasteiger partial charge in [-0.05, 0) is 40.7 Å². The Balaban J connectivity index is 2.42. The SMILES string of the molecule is CCN(CCOC)c1ncnc(C)c1C#Cc1cnc(C)c(NS(=O)(=O)C(C)C)c1. The van der Waals surface area contributed by atoms with Crippen LogP contribution >= 0.6 is 0 Å². The molecule has 0 saturated carbocycles. The molecule has 0 aliphatic heterocycles. The summed E-state index contributed by atoms with van der Waals surface area (Å²) in [5.41, 5.74) is 3.09. The monoisotopic (exact) mass is 431 g/mol. The van der Waals surface area contributed by atoms with Crippen molar-refractivity contribution in [3.8, 4) is 11.8 Å². The minimum Gasteiger partial charge on any atom is -0.383 e. The number of nitrogens with one attached hydrogen (secondary N) is 1. The summed E-state index contributed by atoms with van der Waals surface area (Å²) >= 11 is 0. The Bertz CT molecular complexity index is 1040. The van der Waals surface area contributed by atoms with E-state index in [0.29, 0.717) is 30.1 Å². The van der Waals surface area contributed by atoms with Gasteiger partial charge in [0.25, 0.3) is 0 Å². The highest BCUT2D eigenvalue weighted by Gasteiger charge is 2.17. The molecule has 2 rings (SSSR count). The second kappa shape index (κ2) is 10.4. The number of pyridine rings is 1. The summed E-state index contributed by atoms with van der Waals surface area (Å²) in [6.45, 7) is 10.9. The number of hydrogen-bond donors (Lipinski definition) is 1. The van der Waals surface area contributed by atoms with Gasteiger partial charge >= 0.3 is 0 Å². The van der Waals surface area contributed by atoms with Gasteiger partial charge in [0.05, 0.1) is 34.5 Å². The van der Waals surface area contributed by atoms with E-state index in [-0.39, 0.29) is 0 Å². The lowest BCUT2D eigenvalue weighted by Crippen LogP contribution is -2.28. The van der Waals surface area contributed by atoms with Gasteiger partial charge in [-0.25, -0.2) is 18.4 Å². The fourth-order valence-corrected chi connectivity index (χ4v) is 3.32. The van der Waals surface area contributed by atoms with Gasteiger partial charge in [-0.15, -0.1) is 0 Å². The average Bonchev–Trinajstić information content (AvgIpc) is 2.70. The number of sulfonamides is 1. The van der Waals surface area contributed by atoms with Crippen molar-refractivity contribution >= 4 is 21.5 Å². The normalized spacial score (nSPS) is 11.2. The number of aromatic nitrogens is 3. The van der Waals surface area contributed by atoms with Crippen LogP contribution in [0, 0.1) is 25.7 Å². The van der Waals surface area contributed by atoms with Crippen LogP contribution in [-0.4, -0.2) is 55.4 Å². The zero-order valence-corrected chi connectivity index (χ0v) is 19.2. The van der Waals surface area contributed by atoms with Crippen molar-refractivity contribution < 1.29 is 13.2 Å². The number of aryl methyl sites for hydroxylation is 2. The number of rotatable bonds is 8. The lowest BCUT2D eigenvalue weighted by Gasteiger charge is -2.23. The first-order valence-electron chi connectivity index (χ1n) is 9.75. The Kier molecular flexibility index (Phi) is 8.15. The molecule has 0 aliphatic carbocycles. The standard InChI is InChI=1S/C21H29N5O3S/c1-7-26(10-11-29-6)21-19(16(4)23-14-24-21)9-8-18-12-20(17(5)22-13-18)25-30(27,28)15(2)3/h12-15,25H,7,10-11H2,1-6H3. The van der Waals surface area contributed by atoms with Gasteiger partial charge < -0.3 is 9.64 Å². The average molecular weight is 432 g/mol. The van der Waals surface area contributed by atoms with Crippen LogP contribution in [0.3, 0.4) is 0 Å². The molecule has 0 spiro atoms. The minimum atomic E-state index is -3.47.